The number of carboxylic acid groups (broad SMARTS) is 1. The van der Waals surface area contributed by atoms with Crippen LogP contribution in [0, 0.1) is 0 Å². The number of hydrogen-bond acceptors (Lipinski definition) is 2. The molecule has 0 radical (unpaired) electrons. The molecule has 0 amide bonds. The highest BCUT2D eigenvalue weighted by molar-refractivity contribution is 5.88. The number of hydrogen-bond donors (Lipinski definition) is 1. The molecule has 3 heteroatoms. The van der Waals surface area contributed by atoms with Gasteiger partial charge in [0.1, 0.15) is 5.75 Å². The molecule has 0 heterocycles. The Morgan fingerprint density at radius 2 is 1.68 bits per heavy atom. The van der Waals surface area contributed by atoms with E-state index in [9.17, 15) is 4.79 Å². The zero-order valence-corrected chi connectivity index (χ0v) is 10.5. The van der Waals surface area contributed by atoms with Gasteiger partial charge in [0.15, 0.2) is 0 Å². The lowest BCUT2D eigenvalue weighted by Crippen LogP contribution is -1.95. The quantitative estimate of drug-likeness (QED) is 0.848. The molecule has 0 unspecified atom stereocenters. The Kier molecular flexibility index (Phi) is 3.98. The Labute approximate surface area is 111 Å². The van der Waals surface area contributed by atoms with E-state index in [0.717, 1.165) is 16.9 Å². The molecule has 2 aromatic carbocycles. The average Bonchev–Trinajstić information content (AvgIpc) is 2.45. The topological polar surface area (TPSA) is 46.5 Å². The van der Waals surface area contributed by atoms with Crippen LogP contribution < -0.4 is 4.74 Å². The van der Waals surface area contributed by atoms with Crippen LogP contribution >= 0.6 is 0 Å². The summed E-state index contributed by atoms with van der Waals surface area (Å²) in [4.78, 5) is 10.9. The van der Waals surface area contributed by atoms with Crippen LogP contribution in [0.5, 0.6) is 5.75 Å². The molecule has 3 nitrogen and oxygen atoms in total. The van der Waals surface area contributed by atoms with E-state index in [2.05, 4.69) is 0 Å². The van der Waals surface area contributed by atoms with Gasteiger partial charge in [-0.2, -0.15) is 0 Å². The van der Waals surface area contributed by atoms with Crippen molar-refractivity contribution in [3.8, 4) is 5.75 Å². The summed E-state index contributed by atoms with van der Waals surface area (Å²) in [5, 5.41) is 8.92. The first kappa shape index (κ1) is 12.9. The van der Waals surface area contributed by atoms with Gasteiger partial charge in [0.05, 0.1) is 12.7 Å². The van der Waals surface area contributed by atoms with Crippen molar-refractivity contribution in [1.29, 1.82) is 0 Å². The average molecular weight is 254 g/mol. The highest BCUT2D eigenvalue weighted by Crippen LogP contribution is 2.15. The largest absolute Gasteiger partial charge is 0.497 e. The molecule has 19 heavy (non-hydrogen) atoms. The molecule has 0 aliphatic heterocycles. The maximum atomic E-state index is 10.9. The van der Waals surface area contributed by atoms with Gasteiger partial charge in [-0.05, 0) is 35.4 Å². The standard InChI is InChI=1S/C16H14O3/c1-19-15-7-3-5-13(11-15)9-8-12-4-2-6-14(10-12)16(17)18/h2-11H,1H3,(H,17,18)/b9-8+. The number of rotatable bonds is 4. The summed E-state index contributed by atoms with van der Waals surface area (Å²) in [5.74, 6) is -0.127. The number of carbonyl (C=O) groups is 1. The fourth-order valence-corrected chi connectivity index (χ4v) is 1.71. The maximum Gasteiger partial charge on any atom is 0.335 e. The fraction of sp³-hybridized carbons (Fsp3) is 0.0625. The van der Waals surface area contributed by atoms with Gasteiger partial charge in [-0.15, -0.1) is 0 Å². The van der Waals surface area contributed by atoms with E-state index in [0.29, 0.717) is 0 Å². The number of benzene rings is 2. The fourth-order valence-electron chi connectivity index (χ4n) is 1.71. The molecule has 0 saturated heterocycles. The summed E-state index contributed by atoms with van der Waals surface area (Å²) in [5.41, 5.74) is 2.13. The van der Waals surface area contributed by atoms with Crippen LogP contribution in [0.15, 0.2) is 48.5 Å². The van der Waals surface area contributed by atoms with Gasteiger partial charge in [-0.25, -0.2) is 4.79 Å². The van der Waals surface area contributed by atoms with Crippen molar-refractivity contribution in [2.75, 3.05) is 7.11 Å². The van der Waals surface area contributed by atoms with E-state index < -0.39 is 5.97 Å². The number of ether oxygens (including phenoxy) is 1. The van der Waals surface area contributed by atoms with Crippen molar-refractivity contribution in [2.24, 2.45) is 0 Å². The van der Waals surface area contributed by atoms with E-state index in [4.69, 9.17) is 9.84 Å². The van der Waals surface area contributed by atoms with E-state index in [-0.39, 0.29) is 5.56 Å². The van der Waals surface area contributed by atoms with E-state index in [1.165, 1.54) is 0 Å². The van der Waals surface area contributed by atoms with Crippen molar-refractivity contribution >= 4 is 18.1 Å². The van der Waals surface area contributed by atoms with Gasteiger partial charge in [0.25, 0.3) is 0 Å². The third-order valence-electron chi connectivity index (χ3n) is 2.70. The van der Waals surface area contributed by atoms with Gasteiger partial charge < -0.3 is 9.84 Å². The monoisotopic (exact) mass is 254 g/mol. The first-order valence-corrected chi connectivity index (χ1v) is 5.84. The molecular formula is C16H14O3. The van der Waals surface area contributed by atoms with Crippen LogP contribution in [0.2, 0.25) is 0 Å². The molecule has 0 spiro atoms. The molecule has 0 atom stereocenters. The molecule has 0 aromatic heterocycles. The Hall–Kier alpha value is -2.55. The van der Waals surface area contributed by atoms with Crippen molar-refractivity contribution in [1.82, 2.24) is 0 Å². The smallest absolute Gasteiger partial charge is 0.335 e. The number of methoxy groups -OCH3 is 1. The molecule has 96 valence electrons. The highest BCUT2D eigenvalue weighted by atomic mass is 16.5. The normalized spacial score (nSPS) is 10.6. The molecule has 0 fully saturated rings. The molecule has 2 aromatic rings. The van der Waals surface area contributed by atoms with Crippen molar-refractivity contribution < 1.29 is 14.6 Å². The second-order valence-corrected chi connectivity index (χ2v) is 4.04. The van der Waals surface area contributed by atoms with Gasteiger partial charge in [-0.3, -0.25) is 0 Å². The lowest BCUT2D eigenvalue weighted by Gasteiger charge is -2.00. The van der Waals surface area contributed by atoms with Gasteiger partial charge in [0, 0.05) is 0 Å². The summed E-state index contributed by atoms with van der Waals surface area (Å²) < 4.78 is 5.15. The third kappa shape index (κ3) is 3.45. The van der Waals surface area contributed by atoms with Crippen molar-refractivity contribution in [2.45, 2.75) is 0 Å². The zero-order chi connectivity index (χ0) is 13.7. The lowest BCUT2D eigenvalue weighted by atomic mass is 10.1. The SMILES string of the molecule is COc1cccc(/C=C/c2cccc(C(=O)O)c2)c1. The summed E-state index contributed by atoms with van der Waals surface area (Å²) in [6.45, 7) is 0. The summed E-state index contributed by atoms with van der Waals surface area (Å²) in [6, 6.07) is 14.5. The van der Waals surface area contributed by atoms with Crippen molar-refractivity contribution in [3.05, 3.63) is 65.2 Å². The van der Waals surface area contributed by atoms with Crippen molar-refractivity contribution in [3.63, 3.8) is 0 Å². The molecule has 0 saturated carbocycles. The number of aromatic carboxylic acids is 1. The van der Waals surface area contributed by atoms with Gasteiger partial charge in [0.2, 0.25) is 0 Å². The second-order valence-electron chi connectivity index (χ2n) is 4.04. The van der Waals surface area contributed by atoms with E-state index in [1.807, 2.05) is 42.5 Å². The molecule has 1 N–H and O–H groups in total. The summed E-state index contributed by atoms with van der Waals surface area (Å²) >= 11 is 0. The Morgan fingerprint density at radius 3 is 2.32 bits per heavy atom. The predicted octanol–water partition coefficient (Wildman–Crippen LogP) is 3.56. The Morgan fingerprint density at radius 1 is 1.05 bits per heavy atom. The van der Waals surface area contributed by atoms with Crippen LogP contribution in [-0.2, 0) is 0 Å². The van der Waals surface area contributed by atoms with Crippen LogP contribution in [0.1, 0.15) is 21.5 Å². The van der Waals surface area contributed by atoms with Crippen LogP contribution in [0.3, 0.4) is 0 Å². The lowest BCUT2D eigenvalue weighted by molar-refractivity contribution is 0.0697. The first-order valence-electron chi connectivity index (χ1n) is 5.84. The summed E-state index contributed by atoms with van der Waals surface area (Å²) in [6.07, 6.45) is 3.80. The van der Waals surface area contributed by atoms with E-state index >= 15 is 0 Å². The Bertz CT molecular complexity index is 615. The molecule has 2 rings (SSSR count). The van der Waals surface area contributed by atoms with Gasteiger partial charge >= 0.3 is 5.97 Å². The molecular weight excluding hydrogens is 240 g/mol. The van der Waals surface area contributed by atoms with Crippen LogP contribution in [0.4, 0.5) is 0 Å². The molecule has 0 aliphatic rings. The number of carboxylic acids is 1. The maximum absolute atomic E-state index is 10.9. The van der Waals surface area contributed by atoms with E-state index in [1.54, 1.807) is 25.3 Å². The van der Waals surface area contributed by atoms with Crippen LogP contribution in [-0.4, -0.2) is 18.2 Å². The third-order valence-corrected chi connectivity index (χ3v) is 2.70. The predicted molar refractivity (Wildman–Crippen MR) is 75.3 cm³/mol. The summed E-state index contributed by atoms with van der Waals surface area (Å²) in [7, 11) is 1.62. The zero-order valence-electron chi connectivity index (χ0n) is 10.5. The molecule has 0 bridgehead atoms. The van der Waals surface area contributed by atoms with Crippen LogP contribution in [0.25, 0.3) is 12.2 Å². The van der Waals surface area contributed by atoms with Gasteiger partial charge in [-0.1, -0.05) is 36.4 Å². The highest BCUT2D eigenvalue weighted by Gasteiger charge is 2.01. The Balaban J connectivity index is 2.22. The second kappa shape index (κ2) is 5.87. The first-order chi connectivity index (χ1) is 9.19. The molecule has 0 aliphatic carbocycles. The minimum absolute atomic E-state index is 0.285. The minimum atomic E-state index is -0.920. The minimum Gasteiger partial charge on any atom is -0.497 e.